The number of nitrogens with zero attached hydrogens (tertiary/aromatic N) is 5. The van der Waals surface area contributed by atoms with Crippen LogP contribution in [0.1, 0.15) is 17.5 Å². The Morgan fingerprint density at radius 3 is 2.32 bits per heavy atom. The minimum atomic E-state index is -4.95. The molecule has 1 fully saturated rings. The summed E-state index contributed by atoms with van der Waals surface area (Å²) < 4.78 is 73.6. The van der Waals surface area contributed by atoms with E-state index >= 15 is 0 Å². The first-order valence-corrected chi connectivity index (χ1v) is 22.1. The molecule has 6 aromatic rings. The fourth-order valence-corrected chi connectivity index (χ4v) is 9.47. The number of fused-ring (bicyclic) bond motifs is 1. The van der Waals surface area contributed by atoms with E-state index in [1.54, 1.807) is 17.8 Å². The number of hydrogen-bond acceptors (Lipinski definition) is 9. The Morgan fingerprint density at radius 1 is 0.864 bits per heavy atom. The average Bonchev–Trinajstić information content (AvgIpc) is 3.22. The van der Waals surface area contributed by atoms with Gasteiger partial charge in [0.05, 0.1) is 16.0 Å². The predicted molar refractivity (Wildman–Crippen MR) is 234 cm³/mol. The van der Waals surface area contributed by atoms with E-state index in [4.69, 9.17) is 11.6 Å². The molecule has 1 aliphatic heterocycles. The molecular formula is C44H45ClF3N7O2S2. The molecule has 0 saturated carbocycles. The molecule has 5 aromatic carbocycles. The van der Waals surface area contributed by atoms with Crippen LogP contribution in [-0.4, -0.2) is 86.8 Å². The lowest BCUT2D eigenvalue weighted by Crippen LogP contribution is -2.46. The van der Waals surface area contributed by atoms with Crippen molar-refractivity contribution in [2.45, 2.75) is 35.0 Å². The van der Waals surface area contributed by atoms with Crippen LogP contribution >= 0.6 is 23.4 Å². The molecule has 1 saturated heterocycles. The van der Waals surface area contributed by atoms with Crippen LogP contribution in [0.2, 0.25) is 5.02 Å². The van der Waals surface area contributed by atoms with Gasteiger partial charge in [0.25, 0.3) is 10.0 Å². The summed E-state index contributed by atoms with van der Waals surface area (Å²) in [6.07, 6.45) is -3.08. The highest BCUT2D eigenvalue weighted by Crippen LogP contribution is 2.38. The molecule has 308 valence electrons. The summed E-state index contributed by atoms with van der Waals surface area (Å²) >= 11 is 7.73. The van der Waals surface area contributed by atoms with E-state index in [1.165, 1.54) is 23.5 Å². The number of anilines is 3. The van der Waals surface area contributed by atoms with Crippen molar-refractivity contribution < 1.29 is 21.6 Å². The number of alkyl halides is 3. The van der Waals surface area contributed by atoms with Crippen LogP contribution in [0.5, 0.6) is 0 Å². The van der Waals surface area contributed by atoms with E-state index in [9.17, 15) is 21.6 Å². The number of thioether (sulfide) groups is 1. The molecule has 0 unspecified atom stereocenters. The lowest BCUT2D eigenvalue weighted by atomic mass is 9.99. The molecular weight excluding hydrogens is 815 g/mol. The normalized spacial score (nSPS) is 14.5. The summed E-state index contributed by atoms with van der Waals surface area (Å²) in [5.41, 5.74) is 3.78. The zero-order chi connectivity index (χ0) is 41.6. The van der Waals surface area contributed by atoms with Crippen molar-refractivity contribution in [2.24, 2.45) is 0 Å². The molecule has 0 amide bonds. The molecule has 1 aliphatic rings. The van der Waals surface area contributed by atoms with Gasteiger partial charge in [-0.2, -0.15) is 13.2 Å². The maximum Gasteiger partial charge on any atom is 0.417 e. The van der Waals surface area contributed by atoms with Gasteiger partial charge in [-0.1, -0.05) is 66.2 Å². The highest BCUT2D eigenvalue weighted by Gasteiger charge is 2.38. The lowest BCUT2D eigenvalue weighted by molar-refractivity contribution is -0.139. The fourth-order valence-electron chi connectivity index (χ4n) is 7.12. The number of nitrogens with one attached hydrogen (secondary N) is 2. The summed E-state index contributed by atoms with van der Waals surface area (Å²) in [7, 11) is -0.869. The van der Waals surface area contributed by atoms with Crippen molar-refractivity contribution in [3.8, 4) is 11.1 Å². The maximum atomic E-state index is 14.6. The molecule has 9 nitrogen and oxygen atoms in total. The van der Waals surface area contributed by atoms with Gasteiger partial charge in [0, 0.05) is 71.2 Å². The molecule has 59 heavy (non-hydrogen) atoms. The van der Waals surface area contributed by atoms with Crippen LogP contribution in [0.15, 0.2) is 131 Å². The third-order valence-electron chi connectivity index (χ3n) is 10.2. The van der Waals surface area contributed by atoms with Crippen molar-refractivity contribution in [2.75, 3.05) is 67.5 Å². The minimum Gasteiger partial charge on any atom is -0.381 e. The highest BCUT2D eigenvalue weighted by atomic mass is 35.5. The lowest BCUT2D eigenvalue weighted by Gasteiger charge is -2.36. The number of sulfonamides is 1. The Kier molecular flexibility index (Phi) is 13.3. The Morgan fingerprint density at radius 2 is 1.59 bits per heavy atom. The molecule has 0 aliphatic carbocycles. The third-order valence-corrected chi connectivity index (χ3v) is 13.0. The summed E-state index contributed by atoms with van der Waals surface area (Å²) in [5, 5.41) is 4.29. The SMILES string of the molecule is CN(C)CC[C@H](CSc1ccccc1)Nc1ccc(S(=O)(=O)Nc2ncnc3cc(N4CCN(Cc5ccccc5-c5ccc(Cl)cc5)CC4)ccc23)c(C(F)(F)F)c1. The van der Waals surface area contributed by atoms with Crippen molar-refractivity contribution in [1.82, 2.24) is 19.8 Å². The molecule has 2 N–H and O–H groups in total. The van der Waals surface area contributed by atoms with Gasteiger partial charge < -0.3 is 15.1 Å². The second kappa shape index (κ2) is 18.6. The molecule has 1 atom stereocenters. The van der Waals surface area contributed by atoms with E-state index < -0.39 is 26.7 Å². The summed E-state index contributed by atoms with van der Waals surface area (Å²) in [5.74, 6) is 0.489. The van der Waals surface area contributed by atoms with Gasteiger partial charge >= 0.3 is 6.18 Å². The Balaban J connectivity index is 1.04. The van der Waals surface area contributed by atoms with Gasteiger partial charge in [0.15, 0.2) is 5.82 Å². The Hall–Kier alpha value is -4.86. The van der Waals surface area contributed by atoms with Crippen LogP contribution in [0, 0.1) is 0 Å². The minimum absolute atomic E-state index is 0.109. The number of aromatic nitrogens is 2. The van der Waals surface area contributed by atoms with E-state index in [-0.39, 0.29) is 17.5 Å². The second-order valence-electron chi connectivity index (χ2n) is 14.7. The molecule has 2 heterocycles. The second-order valence-corrected chi connectivity index (χ2v) is 17.9. The first-order valence-electron chi connectivity index (χ1n) is 19.2. The summed E-state index contributed by atoms with van der Waals surface area (Å²) in [6.45, 7) is 4.66. The predicted octanol–water partition coefficient (Wildman–Crippen LogP) is 9.62. The van der Waals surface area contributed by atoms with Gasteiger partial charge in [0.2, 0.25) is 0 Å². The molecule has 1 aromatic heterocycles. The Bertz CT molecular complexity index is 2470. The monoisotopic (exact) mass is 859 g/mol. The smallest absolute Gasteiger partial charge is 0.381 e. The van der Waals surface area contributed by atoms with Crippen molar-refractivity contribution in [3.63, 3.8) is 0 Å². The van der Waals surface area contributed by atoms with Crippen LogP contribution in [0.25, 0.3) is 22.0 Å². The van der Waals surface area contributed by atoms with Crippen LogP contribution in [0.4, 0.5) is 30.4 Å². The van der Waals surface area contributed by atoms with E-state index in [1.807, 2.05) is 91.8 Å². The average molecular weight is 860 g/mol. The quantitative estimate of drug-likeness (QED) is 0.0980. The van der Waals surface area contributed by atoms with Gasteiger partial charge in [-0.05, 0) is 104 Å². The van der Waals surface area contributed by atoms with Crippen molar-refractivity contribution >= 4 is 61.5 Å². The number of benzene rings is 5. The maximum absolute atomic E-state index is 14.6. The van der Waals surface area contributed by atoms with Gasteiger partial charge in [-0.3, -0.25) is 9.62 Å². The molecule has 15 heteroatoms. The molecule has 0 bridgehead atoms. The van der Waals surface area contributed by atoms with Gasteiger partial charge in [-0.25, -0.2) is 18.4 Å². The Labute approximate surface area is 352 Å². The highest BCUT2D eigenvalue weighted by molar-refractivity contribution is 7.99. The third kappa shape index (κ3) is 10.9. The van der Waals surface area contributed by atoms with Crippen molar-refractivity contribution in [1.29, 1.82) is 0 Å². The number of rotatable bonds is 15. The van der Waals surface area contributed by atoms with Crippen LogP contribution < -0.4 is 14.9 Å². The largest absolute Gasteiger partial charge is 0.417 e. The molecule has 0 radical (unpaired) electrons. The molecule has 0 spiro atoms. The summed E-state index contributed by atoms with van der Waals surface area (Å²) in [4.78, 5) is 15.3. The first-order chi connectivity index (χ1) is 28.3. The van der Waals surface area contributed by atoms with Gasteiger partial charge in [0.1, 0.15) is 6.33 Å². The van der Waals surface area contributed by atoms with E-state index in [2.05, 4.69) is 48.0 Å². The van der Waals surface area contributed by atoms with Crippen LogP contribution in [0.3, 0.4) is 0 Å². The standard InChI is InChI=1S/C44H45ClF3N7O2S2/c1-53(2)21-20-35(29-58-37-9-4-3-5-10-37)51-34-16-19-42(40(26-34)44(46,47)48)59(56,57)52-43-39-18-17-36(27-41(39)49-30-50-43)55-24-22-54(23-25-55)28-32-8-6-7-11-38(32)31-12-14-33(45)15-13-31/h3-19,26-27,30,35,51H,20-25,28-29H2,1-2H3,(H,49,50,52)/t35-/m1/s1. The number of halogens is 4. The van der Waals surface area contributed by atoms with Gasteiger partial charge in [-0.15, -0.1) is 11.8 Å². The van der Waals surface area contributed by atoms with E-state index in [0.717, 1.165) is 61.0 Å². The number of hydrogen-bond donors (Lipinski definition) is 2. The summed E-state index contributed by atoms with van der Waals surface area (Å²) in [6, 6.07) is 34.5. The zero-order valence-electron chi connectivity index (χ0n) is 32.7. The first kappa shape index (κ1) is 42.3. The van der Waals surface area contributed by atoms with E-state index in [0.29, 0.717) is 34.6 Å². The zero-order valence-corrected chi connectivity index (χ0v) is 35.1. The van der Waals surface area contributed by atoms with Crippen LogP contribution in [-0.2, 0) is 22.7 Å². The molecule has 7 rings (SSSR count). The number of piperazine rings is 1. The van der Waals surface area contributed by atoms with Crippen molar-refractivity contribution in [3.05, 3.63) is 138 Å². The fraction of sp³-hybridized carbons (Fsp3) is 0.273. The topological polar surface area (TPSA) is 93.7 Å².